The summed E-state index contributed by atoms with van der Waals surface area (Å²) >= 11 is 0. The number of aliphatic hydroxyl groups is 1. The van der Waals surface area contributed by atoms with Crippen molar-refractivity contribution < 1.29 is 9.84 Å². The standard InChI is InChI=1S/C14H26O2/c1-7-16-10(2)12-13(3,4)8-11(15)9-14(12,5)6/h11-12,15H,2,7-9H2,1,3-6H3. The number of ether oxygens (including phenoxy) is 1. The molecule has 2 heteroatoms. The van der Waals surface area contributed by atoms with Gasteiger partial charge in [-0.1, -0.05) is 34.3 Å². The lowest BCUT2D eigenvalue weighted by atomic mass is 9.56. The third-order valence-corrected chi connectivity index (χ3v) is 3.74. The van der Waals surface area contributed by atoms with Gasteiger partial charge in [-0.15, -0.1) is 0 Å². The summed E-state index contributed by atoms with van der Waals surface area (Å²) in [5.74, 6) is 1.19. The molecule has 0 radical (unpaired) electrons. The molecule has 0 spiro atoms. The summed E-state index contributed by atoms with van der Waals surface area (Å²) in [6.07, 6.45) is 1.45. The van der Waals surface area contributed by atoms with Crippen LogP contribution in [0.15, 0.2) is 12.3 Å². The fraction of sp³-hybridized carbons (Fsp3) is 0.857. The van der Waals surface area contributed by atoms with E-state index in [0.29, 0.717) is 12.5 Å². The van der Waals surface area contributed by atoms with Crippen molar-refractivity contribution in [1.29, 1.82) is 0 Å². The van der Waals surface area contributed by atoms with Crippen LogP contribution in [0, 0.1) is 16.7 Å². The van der Waals surface area contributed by atoms with Gasteiger partial charge >= 0.3 is 0 Å². The van der Waals surface area contributed by atoms with Crippen LogP contribution in [0.1, 0.15) is 47.5 Å². The van der Waals surface area contributed by atoms with Gasteiger partial charge in [0.1, 0.15) is 0 Å². The summed E-state index contributed by atoms with van der Waals surface area (Å²) in [6.45, 7) is 15.5. The Morgan fingerprint density at radius 2 is 1.69 bits per heavy atom. The molecule has 0 aromatic carbocycles. The molecule has 0 unspecified atom stereocenters. The van der Waals surface area contributed by atoms with Gasteiger partial charge in [0.25, 0.3) is 0 Å². The fourth-order valence-electron chi connectivity index (χ4n) is 3.72. The summed E-state index contributed by atoms with van der Waals surface area (Å²) in [6, 6.07) is 0. The van der Waals surface area contributed by atoms with Crippen LogP contribution in [0.5, 0.6) is 0 Å². The SMILES string of the molecule is C=C(OCC)C1C(C)(C)CC(O)CC1(C)C. The van der Waals surface area contributed by atoms with Crippen LogP contribution in [0.25, 0.3) is 0 Å². The minimum atomic E-state index is -0.198. The van der Waals surface area contributed by atoms with E-state index in [1.54, 1.807) is 0 Å². The molecule has 0 bridgehead atoms. The highest BCUT2D eigenvalue weighted by molar-refractivity contribution is 5.08. The molecular weight excluding hydrogens is 200 g/mol. The van der Waals surface area contributed by atoms with Crippen molar-refractivity contribution in [2.45, 2.75) is 53.6 Å². The molecule has 0 atom stereocenters. The highest BCUT2D eigenvalue weighted by atomic mass is 16.5. The molecule has 1 aliphatic rings. The third kappa shape index (κ3) is 2.60. The average molecular weight is 226 g/mol. The largest absolute Gasteiger partial charge is 0.499 e. The van der Waals surface area contributed by atoms with Gasteiger partial charge in [0.05, 0.1) is 18.5 Å². The van der Waals surface area contributed by atoms with Gasteiger partial charge in [-0.05, 0) is 30.6 Å². The topological polar surface area (TPSA) is 29.5 Å². The first kappa shape index (κ1) is 13.6. The van der Waals surface area contributed by atoms with Crippen LogP contribution < -0.4 is 0 Å². The molecule has 0 saturated heterocycles. The van der Waals surface area contributed by atoms with E-state index in [9.17, 15) is 5.11 Å². The van der Waals surface area contributed by atoms with Crippen molar-refractivity contribution >= 4 is 0 Å². The monoisotopic (exact) mass is 226 g/mol. The van der Waals surface area contributed by atoms with E-state index in [0.717, 1.165) is 18.6 Å². The Hall–Kier alpha value is -0.500. The maximum absolute atomic E-state index is 9.94. The van der Waals surface area contributed by atoms with Crippen molar-refractivity contribution in [3.8, 4) is 0 Å². The van der Waals surface area contributed by atoms with Gasteiger partial charge in [-0.25, -0.2) is 0 Å². The van der Waals surface area contributed by atoms with E-state index >= 15 is 0 Å². The Morgan fingerprint density at radius 1 is 1.25 bits per heavy atom. The lowest BCUT2D eigenvalue weighted by Gasteiger charge is -2.51. The molecular formula is C14H26O2. The van der Waals surface area contributed by atoms with Crippen molar-refractivity contribution in [3.05, 3.63) is 12.3 Å². The van der Waals surface area contributed by atoms with Crippen LogP contribution in [0.4, 0.5) is 0 Å². The summed E-state index contributed by atoms with van der Waals surface area (Å²) in [7, 11) is 0. The van der Waals surface area contributed by atoms with E-state index in [2.05, 4.69) is 34.3 Å². The fourth-order valence-corrected chi connectivity index (χ4v) is 3.72. The van der Waals surface area contributed by atoms with E-state index < -0.39 is 0 Å². The second-order valence-corrected chi connectivity index (χ2v) is 6.37. The van der Waals surface area contributed by atoms with Crippen LogP contribution in [0.2, 0.25) is 0 Å². The summed E-state index contributed by atoms with van der Waals surface area (Å²) in [5, 5.41) is 9.94. The molecule has 2 nitrogen and oxygen atoms in total. The highest BCUT2D eigenvalue weighted by Crippen LogP contribution is 2.53. The molecule has 0 amide bonds. The molecule has 0 aromatic rings. The smallest absolute Gasteiger partial charge is 0.0929 e. The van der Waals surface area contributed by atoms with Gasteiger partial charge in [-0.3, -0.25) is 0 Å². The van der Waals surface area contributed by atoms with E-state index in [1.807, 2.05) is 6.92 Å². The van der Waals surface area contributed by atoms with Gasteiger partial charge < -0.3 is 9.84 Å². The molecule has 0 aromatic heterocycles. The summed E-state index contributed by atoms with van der Waals surface area (Å²) < 4.78 is 5.61. The van der Waals surface area contributed by atoms with Gasteiger partial charge in [0, 0.05) is 5.92 Å². The second kappa shape index (κ2) is 4.40. The number of allylic oxidation sites excluding steroid dienone is 1. The molecule has 1 aliphatic carbocycles. The van der Waals surface area contributed by atoms with Crippen molar-refractivity contribution in [2.24, 2.45) is 16.7 Å². The van der Waals surface area contributed by atoms with Crippen LogP contribution in [0.3, 0.4) is 0 Å². The first-order chi connectivity index (χ1) is 7.20. The zero-order valence-corrected chi connectivity index (χ0v) is 11.3. The lowest BCUT2D eigenvalue weighted by molar-refractivity contribution is -0.0634. The number of hydrogen-bond donors (Lipinski definition) is 1. The quantitative estimate of drug-likeness (QED) is 0.748. The minimum Gasteiger partial charge on any atom is -0.499 e. The molecule has 1 saturated carbocycles. The normalized spacial score (nSPS) is 32.1. The van der Waals surface area contributed by atoms with Crippen LogP contribution in [-0.4, -0.2) is 17.8 Å². The first-order valence-corrected chi connectivity index (χ1v) is 6.20. The summed E-state index contributed by atoms with van der Waals surface area (Å²) in [4.78, 5) is 0. The van der Waals surface area contributed by atoms with E-state index in [4.69, 9.17) is 4.74 Å². The molecule has 1 fully saturated rings. The average Bonchev–Trinajstić information content (AvgIpc) is 1.96. The molecule has 1 N–H and O–H groups in total. The van der Waals surface area contributed by atoms with E-state index in [1.165, 1.54) is 0 Å². The van der Waals surface area contributed by atoms with Gasteiger partial charge in [-0.2, -0.15) is 0 Å². The Kier molecular flexibility index (Phi) is 3.73. The Balaban J connectivity index is 2.97. The van der Waals surface area contributed by atoms with E-state index in [-0.39, 0.29) is 16.9 Å². The van der Waals surface area contributed by atoms with Crippen molar-refractivity contribution in [2.75, 3.05) is 6.61 Å². The predicted molar refractivity (Wildman–Crippen MR) is 67.1 cm³/mol. The number of hydrogen-bond acceptors (Lipinski definition) is 2. The molecule has 16 heavy (non-hydrogen) atoms. The van der Waals surface area contributed by atoms with Gasteiger partial charge in [0.2, 0.25) is 0 Å². The number of rotatable bonds is 3. The maximum atomic E-state index is 9.94. The Bertz CT molecular complexity index is 248. The van der Waals surface area contributed by atoms with Crippen LogP contribution >= 0.6 is 0 Å². The Labute approximate surface area is 99.7 Å². The maximum Gasteiger partial charge on any atom is 0.0929 e. The zero-order valence-electron chi connectivity index (χ0n) is 11.3. The number of aliphatic hydroxyl groups excluding tert-OH is 1. The zero-order chi connectivity index (χ0) is 12.6. The molecule has 0 aliphatic heterocycles. The van der Waals surface area contributed by atoms with Crippen LogP contribution in [-0.2, 0) is 4.74 Å². The van der Waals surface area contributed by atoms with Gasteiger partial charge in [0.15, 0.2) is 0 Å². The first-order valence-electron chi connectivity index (χ1n) is 6.20. The second-order valence-electron chi connectivity index (χ2n) is 6.37. The van der Waals surface area contributed by atoms with Crippen molar-refractivity contribution in [1.82, 2.24) is 0 Å². The molecule has 0 heterocycles. The molecule has 1 rings (SSSR count). The van der Waals surface area contributed by atoms with Crippen molar-refractivity contribution in [3.63, 3.8) is 0 Å². The predicted octanol–water partition coefficient (Wildman–Crippen LogP) is 3.36. The Morgan fingerprint density at radius 3 is 2.06 bits per heavy atom. The third-order valence-electron chi connectivity index (χ3n) is 3.74. The minimum absolute atomic E-state index is 0.0490. The molecule has 94 valence electrons. The summed E-state index contributed by atoms with van der Waals surface area (Å²) in [5.41, 5.74) is 0.0981. The lowest BCUT2D eigenvalue weighted by Crippen LogP contribution is -2.46. The highest BCUT2D eigenvalue weighted by Gasteiger charge is 2.48.